The van der Waals surface area contributed by atoms with E-state index in [1.165, 1.54) is 25.6 Å². The van der Waals surface area contributed by atoms with Crippen molar-refractivity contribution in [3.05, 3.63) is 58.4 Å². The molecule has 0 aliphatic rings. The molecule has 0 fully saturated rings. The lowest BCUT2D eigenvalue weighted by Crippen LogP contribution is -2.13. The molecule has 0 unspecified atom stereocenters. The number of pyridine rings is 1. The van der Waals surface area contributed by atoms with E-state index in [2.05, 4.69) is 5.32 Å². The van der Waals surface area contributed by atoms with Crippen LogP contribution < -0.4 is 25.3 Å². The Balaban J connectivity index is 1.66. The Kier molecular flexibility index (Phi) is 6.07. The van der Waals surface area contributed by atoms with Crippen molar-refractivity contribution in [1.29, 1.82) is 0 Å². The summed E-state index contributed by atoms with van der Waals surface area (Å²) in [6, 6.07) is 14.5. The molecule has 0 aliphatic carbocycles. The zero-order chi connectivity index (χ0) is 22.8. The lowest BCUT2D eigenvalue weighted by atomic mass is 10.1. The summed E-state index contributed by atoms with van der Waals surface area (Å²) in [5.74, 6) is 1.25. The highest BCUT2D eigenvalue weighted by atomic mass is 35.5. The summed E-state index contributed by atoms with van der Waals surface area (Å²) in [4.78, 5) is 18.7. The number of carbonyl (C=O) groups excluding carboxylic acids is 1. The molecule has 32 heavy (non-hydrogen) atoms. The van der Waals surface area contributed by atoms with E-state index in [1.54, 1.807) is 19.2 Å². The number of fused-ring (bicyclic) bond motifs is 1. The van der Waals surface area contributed by atoms with Gasteiger partial charge in [0.15, 0.2) is 0 Å². The molecule has 0 saturated heterocycles. The number of aromatic nitrogens is 1. The monoisotopic (exact) mass is 469 g/mol. The second kappa shape index (κ2) is 8.94. The molecule has 0 radical (unpaired) electrons. The molecule has 0 spiro atoms. The number of amides is 1. The molecule has 0 bridgehead atoms. The number of anilines is 2. The van der Waals surface area contributed by atoms with Gasteiger partial charge in [0.25, 0.3) is 5.91 Å². The number of halogens is 1. The maximum atomic E-state index is 13.0. The highest BCUT2D eigenvalue weighted by molar-refractivity contribution is 7.21. The molecule has 2 heterocycles. The molecule has 9 heteroatoms. The molecular formula is C23H20ClN3O4S. The van der Waals surface area contributed by atoms with Gasteiger partial charge in [-0.25, -0.2) is 4.98 Å². The van der Waals surface area contributed by atoms with E-state index >= 15 is 0 Å². The number of rotatable bonds is 6. The maximum Gasteiger partial charge on any atom is 0.268 e. The smallest absolute Gasteiger partial charge is 0.268 e. The minimum Gasteiger partial charge on any atom is -0.497 e. The summed E-state index contributed by atoms with van der Waals surface area (Å²) in [7, 11) is 4.62. The minimum absolute atomic E-state index is 0.346. The number of nitrogen functional groups attached to an aromatic ring is 1. The maximum absolute atomic E-state index is 13.0. The van der Waals surface area contributed by atoms with Gasteiger partial charge in [-0.05, 0) is 42.5 Å². The molecular weight excluding hydrogens is 450 g/mol. The van der Waals surface area contributed by atoms with Crippen molar-refractivity contribution >= 4 is 50.4 Å². The molecule has 0 atom stereocenters. The summed E-state index contributed by atoms with van der Waals surface area (Å²) in [5.41, 5.74) is 8.77. The van der Waals surface area contributed by atoms with Crippen LogP contribution in [-0.4, -0.2) is 32.2 Å². The Morgan fingerprint density at radius 3 is 2.38 bits per heavy atom. The van der Waals surface area contributed by atoms with Gasteiger partial charge in [0.1, 0.15) is 27.0 Å². The average molecular weight is 470 g/mol. The van der Waals surface area contributed by atoms with Crippen LogP contribution in [0.3, 0.4) is 0 Å². The van der Waals surface area contributed by atoms with Crippen LogP contribution in [0.4, 0.5) is 11.4 Å². The van der Waals surface area contributed by atoms with Gasteiger partial charge < -0.3 is 25.3 Å². The molecule has 1 amide bonds. The number of ether oxygens (including phenoxy) is 3. The molecule has 0 saturated carbocycles. The number of methoxy groups -OCH3 is 3. The number of hydrogen-bond donors (Lipinski definition) is 2. The summed E-state index contributed by atoms with van der Waals surface area (Å²) < 4.78 is 15.7. The number of benzene rings is 2. The number of nitrogens with one attached hydrogen (secondary N) is 1. The first-order valence-corrected chi connectivity index (χ1v) is 10.7. The Morgan fingerprint density at radius 1 is 1.00 bits per heavy atom. The number of hydrogen-bond acceptors (Lipinski definition) is 7. The quantitative estimate of drug-likeness (QED) is 0.388. The van der Waals surface area contributed by atoms with Gasteiger partial charge in [0.05, 0.1) is 43.4 Å². The van der Waals surface area contributed by atoms with Crippen LogP contribution in [0.5, 0.6) is 17.2 Å². The van der Waals surface area contributed by atoms with E-state index in [9.17, 15) is 4.79 Å². The molecule has 4 rings (SSSR count). The lowest BCUT2D eigenvalue weighted by Gasteiger charge is -2.12. The second-order valence-corrected chi connectivity index (χ2v) is 8.17. The largest absolute Gasteiger partial charge is 0.497 e. The number of nitrogens with zero attached hydrogens (tertiary/aromatic N) is 1. The molecule has 2 aromatic heterocycles. The van der Waals surface area contributed by atoms with Gasteiger partial charge >= 0.3 is 0 Å². The fraction of sp³-hybridized carbons (Fsp3) is 0.130. The van der Waals surface area contributed by atoms with Crippen LogP contribution >= 0.6 is 22.9 Å². The third-order valence-corrected chi connectivity index (χ3v) is 6.32. The van der Waals surface area contributed by atoms with Gasteiger partial charge in [-0.3, -0.25) is 4.79 Å². The number of thiophene rings is 1. The van der Waals surface area contributed by atoms with Crippen molar-refractivity contribution < 1.29 is 19.0 Å². The number of nitrogens with two attached hydrogens (primary N) is 1. The van der Waals surface area contributed by atoms with Crippen molar-refractivity contribution in [3.63, 3.8) is 0 Å². The van der Waals surface area contributed by atoms with Crippen molar-refractivity contribution in [2.75, 3.05) is 32.4 Å². The van der Waals surface area contributed by atoms with Crippen molar-refractivity contribution in [2.24, 2.45) is 0 Å². The Hall–Kier alpha value is -3.49. The van der Waals surface area contributed by atoms with Crippen molar-refractivity contribution in [1.82, 2.24) is 4.98 Å². The van der Waals surface area contributed by atoms with Crippen molar-refractivity contribution in [2.45, 2.75) is 0 Å². The van der Waals surface area contributed by atoms with E-state index in [0.29, 0.717) is 37.6 Å². The Bertz CT molecular complexity index is 1310. The average Bonchev–Trinajstić information content (AvgIpc) is 3.15. The fourth-order valence-electron chi connectivity index (χ4n) is 3.23. The molecule has 7 nitrogen and oxygen atoms in total. The summed E-state index contributed by atoms with van der Waals surface area (Å²) in [5, 5.41) is 3.88. The fourth-order valence-corrected chi connectivity index (χ4v) is 4.45. The van der Waals surface area contributed by atoms with Gasteiger partial charge in [-0.15, -0.1) is 11.3 Å². The van der Waals surface area contributed by atoms with E-state index in [-0.39, 0.29) is 5.91 Å². The summed E-state index contributed by atoms with van der Waals surface area (Å²) in [6.07, 6.45) is 0. The lowest BCUT2D eigenvalue weighted by molar-refractivity contribution is 0.103. The first-order valence-electron chi connectivity index (χ1n) is 9.51. The zero-order valence-electron chi connectivity index (χ0n) is 17.6. The van der Waals surface area contributed by atoms with Crippen LogP contribution in [0.2, 0.25) is 5.02 Å². The highest BCUT2D eigenvalue weighted by Gasteiger charge is 2.20. The summed E-state index contributed by atoms with van der Waals surface area (Å²) >= 11 is 7.43. The zero-order valence-corrected chi connectivity index (χ0v) is 19.1. The number of carbonyl (C=O) groups is 1. The van der Waals surface area contributed by atoms with Crippen LogP contribution in [-0.2, 0) is 0 Å². The molecule has 2 aromatic carbocycles. The molecule has 3 N–H and O–H groups in total. The van der Waals surface area contributed by atoms with Gasteiger partial charge in [-0.2, -0.15) is 0 Å². The van der Waals surface area contributed by atoms with E-state index in [1.807, 2.05) is 36.4 Å². The predicted octanol–water partition coefficient (Wildman–Crippen LogP) is 5.48. The third-order valence-electron chi connectivity index (χ3n) is 4.91. The van der Waals surface area contributed by atoms with E-state index in [0.717, 1.165) is 22.4 Å². The topological polar surface area (TPSA) is 95.7 Å². The molecule has 0 aliphatic heterocycles. The van der Waals surface area contributed by atoms with Crippen LogP contribution in [0.1, 0.15) is 9.67 Å². The van der Waals surface area contributed by atoms with Gasteiger partial charge in [0.2, 0.25) is 0 Å². The van der Waals surface area contributed by atoms with Gasteiger partial charge in [0, 0.05) is 17.0 Å². The standard InChI is InChI=1S/C23H20ClN3O4S/c1-29-13-6-4-12(5-7-13)16-9-8-14-20(25)21(32-23(14)27-16)22(28)26-17-10-15(24)18(30-2)11-19(17)31-3/h4-11H,25H2,1-3H3,(H,26,28). The van der Waals surface area contributed by atoms with E-state index in [4.69, 9.17) is 36.5 Å². The third kappa shape index (κ3) is 4.02. The predicted molar refractivity (Wildman–Crippen MR) is 129 cm³/mol. The first-order chi connectivity index (χ1) is 15.4. The van der Waals surface area contributed by atoms with Crippen molar-refractivity contribution in [3.8, 4) is 28.5 Å². The Labute approximate surface area is 193 Å². The first kappa shape index (κ1) is 21.7. The summed E-state index contributed by atoms with van der Waals surface area (Å²) in [6.45, 7) is 0. The minimum atomic E-state index is -0.379. The Morgan fingerprint density at radius 2 is 1.72 bits per heavy atom. The molecule has 4 aromatic rings. The van der Waals surface area contributed by atoms with Crippen LogP contribution in [0.25, 0.3) is 21.5 Å². The second-order valence-electron chi connectivity index (χ2n) is 6.76. The van der Waals surface area contributed by atoms with Crippen LogP contribution in [0.15, 0.2) is 48.5 Å². The highest BCUT2D eigenvalue weighted by Crippen LogP contribution is 2.38. The van der Waals surface area contributed by atoms with Crippen LogP contribution in [0, 0.1) is 0 Å². The normalized spacial score (nSPS) is 10.8. The van der Waals surface area contributed by atoms with Gasteiger partial charge in [-0.1, -0.05) is 11.6 Å². The van der Waals surface area contributed by atoms with E-state index < -0.39 is 0 Å². The molecule has 164 valence electrons. The SMILES string of the molecule is COc1ccc(-c2ccc3c(N)c(C(=O)Nc4cc(Cl)c(OC)cc4OC)sc3n2)cc1.